The number of alkyl carbamates (subject to hydrolysis) is 1. The normalized spacial score (nSPS) is 20.5. The first-order valence-electron chi connectivity index (χ1n) is 16.2. The zero-order valence-electron chi connectivity index (χ0n) is 26.1. The lowest BCUT2D eigenvalue weighted by molar-refractivity contribution is 0.108. The van der Waals surface area contributed by atoms with Crippen molar-refractivity contribution in [2.45, 2.75) is 76.3 Å². The quantitative estimate of drug-likeness (QED) is 0.289. The SMILES string of the molecule is C1CC1.COC(=O)NC1CCCN(c2nc(OCC34CCCN3CCC4)nc3c(F)c(-c4cc(C)cc5[nH]ncc45)ncc23)C1. The number of piperidine rings is 1. The molecule has 1 aromatic carbocycles. The number of halogens is 1. The van der Waals surface area contributed by atoms with Crippen molar-refractivity contribution in [3.8, 4) is 17.3 Å². The fourth-order valence-electron chi connectivity index (χ4n) is 7.08. The van der Waals surface area contributed by atoms with Crippen molar-refractivity contribution in [2.24, 2.45) is 0 Å². The number of anilines is 1. The molecule has 1 aliphatic carbocycles. The highest BCUT2D eigenvalue weighted by Crippen LogP contribution is 2.40. The van der Waals surface area contributed by atoms with Crippen molar-refractivity contribution in [2.75, 3.05) is 44.8 Å². The number of amides is 1. The maximum atomic E-state index is 16.6. The Labute approximate surface area is 261 Å². The first kappa shape index (κ1) is 29.6. The van der Waals surface area contributed by atoms with Crippen molar-refractivity contribution >= 4 is 33.7 Å². The van der Waals surface area contributed by atoms with Crippen LogP contribution in [0.3, 0.4) is 0 Å². The maximum absolute atomic E-state index is 16.6. The molecule has 2 N–H and O–H groups in total. The second-order valence-corrected chi connectivity index (χ2v) is 12.8. The molecule has 3 aromatic heterocycles. The van der Waals surface area contributed by atoms with Crippen LogP contribution in [0.25, 0.3) is 33.1 Å². The highest BCUT2D eigenvalue weighted by atomic mass is 19.1. The number of carbonyl (C=O) groups is 1. The van der Waals surface area contributed by atoms with Gasteiger partial charge in [-0.05, 0) is 76.2 Å². The van der Waals surface area contributed by atoms with Gasteiger partial charge in [0, 0.05) is 36.3 Å². The predicted molar refractivity (Wildman–Crippen MR) is 170 cm³/mol. The molecule has 4 fully saturated rings. The van der Waals surface area contributed by atoms with Gasteiger partial charge in [0.15, 0.2) is 5.82 Å². The Hall–Kier alpha value is -4.06. The summed E-state index contributed by atoms with van der Waals surface area (Å²) in [6, 6.07) is 3.91. The van der Waals surface area contributed by atoms with Crippen LogP contribution in [0.2, 0.25) is 0 Å². The molecule has 4 aliphatic rings. The number of pyridine rings is 1. The van der Waals surface area contributed by atoms with Crippen LogP contribution in [0.5, 0.6) is 6.01 Å². The highest BCUT2D eigenvalue weighted by molar-refractivity contribution is 5.98. The van der Waals surface area contributed by atoms with Crippen LogP contribution in [0, 0.1) is 12.7 Å². The van der Waals surface area contributed by atoms with Gasteiger partial charge in [-0.1, -0.05) is 19.3 Å². The van der Waals surface area contributed by atoms with Crippen LogP contribution in [0.4, 0.5) is 15.0 Å². The minimum atomic E-state index is -0.531. The standard InChI is InChI=1S/C30H35FN8O3.C3H6/c1-18-12-20(21-15-33-37-23(21)13-18)25-24(31)26-22(14-32-25)27(38-9-3-6-19(16-38)34-29(40)41-2)36-28(35-26)42-17-30-7-4-10-39(30)11-5-8-30;1-2-3-1/h12-15,19H,3-11,16-17H2,1-2H3,(H,33,37)(H,34,40);1-3H2. The third-order valence-corrected chi connectivity index (χ3v) is 9.46. The van der Waals surface area contributed by atoms with Gasteiger partial charge in [0.2, 0.25) is 0 Å². The summed E-state index contributed by atoms with van der Waals surface area (Å²) in [5, 5.41) is 11.3. The van der Waals surface area contributed by atoms with Crippen LogP contribution < -0.4 is 15.0 Å². The van der Waals surface area contributed by atoms with E-state index in [0.717, 1.165) is 68.1 Å². The van der Waals surface area contributed by atoms with E-state index in [1.807, 2.05) is 19.1 Å². The molecule has 6 heterocycles. The molecule has 4 aromatic rings. The van der Waals surface area contributed by atoms with Gasteiger partial charge in [-0.2, -0.15) is 15.1 Å². The lowest BCUT2D eigenvalue weighted by Gasteiger charge is -2.34. The summed E-state index contributed by atoms with van der Waals surface area (Å²) in [5.74, 6) is 0.0195. The average molecular weight is 617 g/mol. The number of benzene rings is 1. The topological polar surface area (TPSA) is 121 Å². The van der Waals surface area contributed by atoms with Crippen molar-refractivity contribution in [3.05, 3.63) is 35.9 Å². The first-order chi connectivity index (χ1) is 21.9. The first-order valence-corrected chi connectivity index (χ1v) is 16.2. The molecule has 0 radical (unpaired) electrons. The van der Waals surface area contributed by atoms with E-state index in [4.69, 9.17) is 14.5 Å². The van der Waals surface area contributed by atoms with Gasteiger partial charge in [0.1, 0.15) is 23.6 Å². The number of nitrogens with zero attached hydrogens (tertiary/aromatic N) is 6. The third-order valence-electron chi connectivity index (χ3n) is 9.46. The van der Waals surface area contributed by atoms with Crippen LogP contribution in [-0.2, 0) is 4.74 Å². The summed E-state index contributed by atoms with van der Waals surface area (Å²) in [7, 11) is 1.35. The minimum Gasteiger partial charge on any atom is -0.461 e. The second kappa shape index (κ2) is 12.4. The molecule has 11 nitrogen and oxygen atoms in total. The van der Waals surface area contributed by atoms with Gasteiger partial charge >= 0.3 is 12.1 Å². The molecule has 1 unspecified atom stereocenters. The van der Waals surface area contributed by atoms with Gasteiger partial charge in [-0.25, -0.2) is 9.18 Å². The van der Waals surface area contributed by atoms with E-state index in [1.54, 1.807) is 12.4 Å². The van der Waals surface area contributed by atoms with Crippen molar-refractivity contribution in [3.63, 3.8) is 0 Å². The molecule has 8 rings (SSSR count). The monoisotopic (exact) mass is 616 g/mol. The van der Waals surface area contributed by atoms with Crippen LogP contribution >= 0.6 is 0 Å². The number of hydrogen-bond donors (Lipinski definition) is 2. The molecule has 1 amide bonds. The number of carbonyl (C=O) groups excluding carboxylic acids is 1. The van der Waals surface area contributed by atoms with Gasteiger partial charge in [-0.3, -0.25) is 15.0 Å². The molecular weight excluding hydrogens is 575 g/mol. The molecule has 1 saturated carbocycles. The molecule has 0 bridgehead atoms. The number of aryl methyl sites for hydroxylation is 1. The van der Waals surface area contributed by atoms with E-state index >= 15 is 4.39 Å². The Balaban J connectivity index is 0.00000102. The lowest BCUT2D eigenvalue weighted by atomic mass is 9.95. The Morgan fingerprint density at radius 2 is 1.87 bits per heavy atom. The van der Waals surface area contributed by atoms with Crippen molar-refractivity contribution in [1.29, 1.82) is 0 Å². The fourth-order valence-corrected chi connectivity index (χ4v) is 7.08. The summed E-state index contributed by atoms with van der Waals surface area (Å²) in [5.41, 5.74) is 2.78. The smallest absolute Gasteiger partial charge is 0.407 e. The Morgan fingerprint density at radius 3 is 2.62 bits per heavy atom. The van der Waals surface area contributed by atoms with Crippen molar-refractivity contribution < 1.29 is 18.7 Å². The number of nitrogens with one attached hydrogen (secondary N) is 2. The number of aromatic amines is 1. The number of rotatable bonds is 6. The molecule has 1 atom stereocenters. The maximum Gasteiger partial charge on any atom is 0.407 e. The number of ether oxygens (including phenoxy) is 2. The molecule has 238 valence electrons. The Kier molecular flexibility index (Phi) is 8.15. The summed E-state index contributed by atoms with van der Waals surface area (Å²) in [6.07, 6.45) is 13.4. The highest BCUT2D eigenvalue weighted by Gasteiger charge is 2.45. The third kappa shape index (κ3) is 5.99. The summed E-state index contributed by atoms with van der Waals surface area (Å²) < 4.78 is 27.7. The number of aromatic nitrogens is 5. The zero-order valence-corrected chi connectivity index (χ0v) is 26.1. The average Bonchev–Trinajstić information content (AvgIpc) is 3.62. The minimum absolute atomic E-state index is 0.00443. The molecule has 0 spiro atoms. The van der Waals surface area contributed by atoms with E-state index < -0.39 is 11.9 Å². The summed E-state index contributed by atoms with van der Waals surface area (Å²) in [6.45, 7) is 5.78. The lowest BCUT2D eigenvalue weighted by Crippen LogP contribution is -2.48. The van der Waals surface area contributed by atoms with Crippen molar-refractivity contribution in [1.82, 2.24) is 35.4 Å². The second-order valence-electron chi connectivity index (χ2n) is 12.8. The number of hydrogen-bond acceptors (Lipinski definition) is 9. The van der Waals surface area contributed by atoms with Crippen LogP contribution in [0.1, 0.15) is 63.4 Å². The van der Waals surface area contributed by atoms with Gasteiger partial charge in [0.05, 0.1) is 29.7 Å². The Morgan fingerprint density at radius 1 is 1.07 bits per heavy atom. The van der Waals surface area contributed by atoms with E-state index in [1.165, 1.54) is 26.4 Å². The predicted octanol–water partition coefficient (Wildman–Crippen LogP) is 5.52. The van der Waals surface area contributed by atoms with E-state index in [0.29, 0.717) is 36.5 Å². The number of fused-ring (bicyclic) bond motifs is 3. The molecule has 12 heteroatoms. The number of methoxy groups -OCH3 is 1. The van der Waals surface area contributed by atoms with Crippen LogP contribution in [-0.4, -0.2) is 87.6 Å². The number of H-pyrrole nitrogens is 1. The van der Waals surface area contributed by atoms with E-state index in [2.05, 4.69) is 35.3 Å². The fraction of sp³-hybridized carbons (Fsp3) is 0.545. The van der Waals surface area contributed by atoms with Gasteiger partial charge in [-0.15, -0.1) is 0 Å². The summed E-state index contributed by atoms with van der Waals surface area (Å²) >= 11 is 0. The molecular formula is C33H41FN8O3. The van der Waals surface area contributed by atoms with E-state index in [-0.39, 0.29) is 28.8 Å². The molecule has 3 aliphatic heterocycles. The van der Waals surface area contributed by atoms with Crippen LogP contribution in [0.15, 0.2) is 24.5 Å². The molecule has 3 saturated heterocycles. The molecule has 45 heavy (non-hydrogen) atoms. The summed E-state index contributed by atoms with van der Waals surface area (Å²) in [4.78, 5) is 30.6. The Bertz CT molecular complexity index is 1700. The van der Waals surface area contributed by atoms with Gasteiger partial charge in [0.25, 0.3) is 0 Å². The van der Waals surface area contributed by atoms with E-state index in [9.17, 15) is 4.79 Å². The largest absolute Gasteiger partial charge is 0.461 e. The van der Waals surface area contributed by atoms with Gasteiger partial charge < -0.3 is 19.7 Å². The zero-order chi connectivity index (χ0) is 31.0.